The standard InChI is InChI=1S/C34H35N3O4S/c38-33-14-12-27-11-13-28(24-30(27)35-33)40-21-5-4-18-37(25-41-34(39)23-26-7-2-1-3-8-26)19-16-36(17-20-37)31-9-6-10-32-29(31)15-22-42-32/h1-3,6-15,22,24H,4-5,16-21,23,25H2/p+1. The molecule has 0 atom stereocenters. The molecule has 1 aliphatic rings. The number of hydrogen-bond acceptors (Lipinski definition) is 6. The molecule has 0 unspecified atom stereocenters. The van der Waals surface area contributed by atoms with Gasteiger partial charge in [0.25, 0.3) is 0 Å². The van der Waals surface area contributed by atoms with Crippen molar-refractivity contribution in [2.45, 2.75) is 19.3 Å². The average molecular weight is 583 g/mol. The quantitative estimate of drug-likeness (QED) is 0.118. The number of quaternary nitrogens is 1. The topological polar surface area (TPSA) is 71.6 Å². The van der Waals surface area contributed by atoms with Gasteiger partial charge in [-0.3, -0.25) is 14.1 Å². The summed E-state index contributed by atoms with van der Waals surface area (Å²) in [5, 5.41) is 4.44. The molecule has 0 spiro atoms. The van der Waals surface area contributed by atoms with Gasteiger partial charge >= 0.3 is 5.97 Å². The van der Waals surface area contributed by atoms with E-state index in [1.165, 1.54) is 21.8 Å². The summed E-state index contributed by atoms with van der Waals surface area (Å²) in [4.78, 5) is 29.8. The Balaban J connectivity index is 1.07. The molecule has 3 heterocycles. The van der Waals surface area contributed by atoms with E-state index in [1.807, 2.05) is 54.6 Å². The van der Waals surface area contributed by atoms with E-state index in [9.17, 15) is 9.59 Å². The minimum absolute atomic E-state index is 0.120. The van der Waals surface area contributed by atoms with Gasteiger partial charge in [0.1, 0.15) is 5.75 Å². The fourth-order valence-electron chi connectivity index (χ4n) is 5.78. The Morgan fingerprint density at radius 3 is 2.62 bits per heavy atom. The maximum absolute atomic E-state index is 12.8. The minimum atomic E-state index is -0.179. The third kappa shape index (κ3) is 6.66. The number of rotatable bonds is 11. The zero-order valence-corrected chi connectivity index (χ0v) is 24.5. The number of H-pyrrole nitrogens is 1. The number of piperazine rings is 1. The average Bonchev–Trinajstić information content (AvgIpc) is 3.50. The summed E-state index contributed by atoms with van der Waals surface area (Å²) in [6.45, 7) is 5.55. The summed E-state index contributed by atoms with van der Waals surface area (Å²) in [5.41, 5.74) is 2.92. The molecule has 1 saturated heterocycles. The van der Waals surface area contributed by atoms with Gasteiger partial charge in [0.05, 0.1) is 51.3 Å². The van der Waals surface area contributed by atoms with Gasteiger partial charge in [-0.1, -0.05) is 36.4 Å². The van der Waals surface area contributed by atoms with E-state index in [4.69, 9.17) is 9.47 Å². The molecule has 1 aliphatic heterocycles. The van der Waals surface area contributed by atoms with Crippen LogP contribution in [0.3, 0.4) is 0 Å². The van der Waals surface area contributed by atoms with Gasteiger partial charge in [-0.25, -0.2) is 0 Å². The first-order valence-electron chi connectivity index (χ1n) is 14.6. The van der Waals surface area contributed by atoms with Crippen LogP contribution in [0, 0.1) is 0 Å². The van der Waals surface area contributed by atoms with Crippen molar-refractivity contribution in [1.29, 1.82) is 0 Å². The first kappa shape index (κ1) is 28.0. The van der Waals surface area contributed by atoms with Gasteiger partial charge in [-0.15, -0.1) is 11.3 Å². The summed E-state index contributed by atoms with van der Waals surface area (Å²) >= 11 is 1.78. The number of carbonyl (C=O) groups excluding carboxylic acids is 1. The highest BCUT2D eigenvalue weighted by Crippen LogP contribution is 2.32. The van der Waals surface area contributed by atoms with Crippen LogP contribution in [0.5, 0.6) is 5.75 Å². The highest BCUT2D eigenvalue weighted by atomic mass is 32.1. The third-order valence-corrected chi connectivity index (χ3v) is 9.07. The first-order valence-corrected chi connectivity index (χ1v) is 15.5. The number of anilines is 1. The molecule has 0 radical (unpaired) electrons. The Labute approximate surface area is 249 Å². The van der Waals surface area contributed by atoms with Crippen molar-refractivity contribution in [3.63, 3.8) is 0 Å². The Morgan fingerprint density at radius 2 is 1.76 bits per heavy atom. The van der Waals surface area contributed by atoms with Gasteiger partial charge in [-0.2, -0.15) is 0 Å². The first-order chi connectivity index (χ1) is 20.6. The molecule has 5 aromatic rings. The van der Waals surface area contributed by atoms with Crippen LogP contribution < -0.4 is 15.2 Å². The Morgan fingerprint density at radius 1 is 0.929 bits per heavy atom. The van der Waals surface area contributed by atoms with Crippen molar-refractivity contribution >= 4 is 44.0 Å². The van der Waals surface area contributed by atoms with E-state index in [0.29, 0.717) is 13.3 Å². The van der Waals surface area contributed by atoms with E-state index in [0.717, 1.165) is 72.3 Å². The molecule has 0 amide bonds. The zero-order valence-electron chi connectivity index (χ0n) is 23.7. The number of aromatic amines is 1. The number of aromatic nitrogens is 1. The van der Waals surface area contributed by atoms with Crippen molar-refractivity contribution in [2.24, 2.45) is 0 Å². The minimum Gasteiger partial charge on any atom is -0.494 e. The van der Waals surface area contributed by atoms with E-state index < -0.39 is 0 Å². The molecule has 216 valence electrons. The molecule has 6 rings (SSSR count). The second kappa shape index (κ2) is 12.8. The molecule has 2 aromatic heterocycles. The van der Waals surface area contributed by atoms with E-state index in [1.54, 1.807) is 11.3 Å². The summed E-state index contributed by atoms with van der Waals surface area (Å²) in [7, 11) is 0. The van der Waals surface area contributed by atoms with E-state index >= 15 is 0 Å². The molecule has 7 nitrogen and oxygen atoms in total. The normalized spacial score (nSPS) is 14.7. The number of nitrogens with zero attached hydrogens (tertiary/aromatic N) is 2. The number of unbranched alkanes of at least 4 members (excludes halogenated alkanes) is 1. The highest BCUT2D eigenvalue weighted by Gasteiger charge is 2.34. The predicted octanol–water partition coefficient (Wildman–Crippen LogP) is 5.98. The Hall–Kier alpha value is -4.14. The number of esters is 1. The lowest BCUT2D eigenvalue weighted by atomic mass is 10.1. The number of thiophene rings is 1. The highest BCUT2D eigenvalue weighted by molar-refractivity contribution is 7.17. The van der Waals surface area contributed by atoms with Crippen molar-refractivity contribution in [2.75, 3.05) is 51.0 Å². The van der Waals surface area contributed by atoms with Gasteiger partial charge in [-0.05, 0) is 65.6 Å². The largest absolute Gasteiger partial charge is 0.494 e. The van der Waals surface area contributed by atoms with Crippen LogP contribution in [0.2, 0.25) is 0 Å². The SMILES string of the molecule is O=C(Cc1ccccc1)OC[N+]1(CCCCOc2ccc3ccc(=O)[nH]c3c2)CCN(c2cccc3sccc23)CC1. The fourth-order valence-corrected chi connectivity index (χ4v) is 6.59. The number of ether oxygens (including phenoxy) is 2. The number of fused-ring (bicyclic) bond motifs is 2. The lowest BCUT2D eigenvalue weighted by Crippen LogP contribution is -2.61. The molecule has 8 heteroatoms. The van der Waals surface area contributed by atoms with Crippen LogP contribution >= 0.6 is 11.3 Å². The summed E-state index contributed by atoms with van der Waals surface area (Å²) in [6, 6.07) is 27.6. The molecule has 1 N–H and O–H groups in total. The van der Waals surface area contributed by atoms with Crippen molar-refractivity contribution in [3.05, 3.63) is 106 Å². The molecule has 42 heavy (non-hydrogen) atoms. The van der Waals surface area contributed by atoms with Crippen LogP contribution in [-0.2, 0) is 16.0 Å². The van der Waals surface area contributed by atoms with Crippen molar-refractivity contribution in [3.8, 4) is 5.75 Å². The fraction of sp³-hybridized carbons (Fsp3) is 0.294. The molecule has 3 aromatic carbocycles. The van der Waals surface area contributed by atoms with Crippen LogP contribution in [-0.4, -0.2) is 61.5 Å². The Bertz CT molecular complexity index is 1710. The maximum Gasteiger partial charge on any atom is 0.314 e. The second-order valence-electron chi connectivity index (χ2n) is 11.0. The molecule has 0 bridgehead atoms. The molecule has 0 saturated carbocycles. The smallest absolute Gasteiger partial charge is 0.314 e. The summed E-state index contributed by atoms with van der Waals surface area (Å²) in [6.07, 6.45) is 2.14. The van der Waals surface area contributed by atoms with E-state index in [-0.39, 0.29) is 17.9 Å². The van der Waals surface area contributed by atoms with Crippen molar-refractivity contribution < 1.29 is 18.8 Å². The third-order valence-electron chi connectivity index (χ3n) is 8.19. The van der Waals surface area contributed by atoms with Crippen molar-refractivity contribution in [1.82, 2.24) is 4.98 Å². The lowest BCUT2D eigenvalue weighted by Gasteiger charge is -2.45. The number of hydrogen-bond donors (Lipinski definition) is 1. The number of pyridine rings is 1. The van der Waals surface area contributed by atoms with Crippen LogP contribution in [0.1, 0.15) is 18.4 Å². The molecule has 0 aliphatic carbocycles. The Kier molecular flexibility index (Phi) is 8.53. The van der Waals surface area contributed by atoms with Gasteiger partial charge < -0.3 is 19.4 Å². The van der Waals surface area contributed by atoms with Gasteiger partial charge in [0, 0.05) is 27.9 Å². The number of carbonyl (C=O) groups is 1. The molecular weight excluding hydrogens is 546 g/mol. The van der Waals surface area contributed by atoms with Crippen LogP contribution in [0.4, 0.5) is 5.69 Å². The van der Waals surface area contributed by atoms with Crippen LogP contribution in [0.15, 0.2) is 95.1 Å². The van der Waals surface area contributed by atoms with Gasteiger partial charge in [0.15, 0.2) is 0 Å². The summed E-state index contributed by atoms with van der Waals surface area (Å²) < 4.78 is 14.0. The monoisotopic (exact) mass is 582 g/mol. The zero-order chi connectivity index (χ0) is 28.8. The number of nitrogens with one attached hydrogen (secondary N) is 1. The summed E-state index contributed by atoms with van der Waals surface area (Å²) in [5.74, 6) is 0.571. The lowest BCUT2D eigenvalue weighted by molar-refractivity contribution is -0.944. The maximum atomic E-state index is 12.8. The second-order valence-corrected chi connectivity index (χ2v) is 12.0. The molecular formula is C34H36N3O4S+. The molecule has 1 fully saturated rings. The number of benzene rings is 3. The van der Waals surface area contributed by atoms with E-state index in [2.05, 4.69) is 39.5 Å². The predicted molar refractivity (Wildman–Crippen MR) is 169 cm³/mol. The van der Waals surface area contributed by atoms with Crippen LogP contribution in [0.25, 0.3) is 21.0 Å². The van der Waals surface area contributed by atoms with Gasteiger partial charge in [0.2, 0.25) is 12.3 Å².